The molecule has 0 bridgehead atoms. The molecule has 6 heteroatoms. The van der Waals surface area contributed by atoms with Crippen LogP contribution < -0.4 is 5.32 Å². The highest BCUT2D eigenvalue weighted by Crippen LogP contribution is 2.04. The van der Waals surface area contributed by atoms with Crippen molar-refractivity contribution in [1.29, 1.82) is 0 Å². The largest absolute Gasteiger partial charge is 0.616 e. The lowest BCUT2D eigenvalue weighted by molar-refractivity contribution is -0.144. The minimum absolute atomic E-state index is 0.0501. The first kappa shape index (κ1) is 14.2. The van der Waals surface area contributed by atoms with Crippen molar-refractivity contribution < 1.29 is 18.9 Å². The fourth-order valence-corrected chi connectivity index (χ4v) is 1.85. The van der Waals surface area contributed by atoms with E-state index >= 15 is 0 Å². The van der Waals surface area contributed by atoms with E-state index in [1.54, 1.807) is 13.8 Å². The number of esters is 1. The van der Waals surface area contributed by atoms with Gasteiger partial charge in [0.1, 0.15) is 11.0 Å². The Kier molecular flexibility index (Phi) is 6.35. The number of carbonyl (C=O) groups excluding carboxylic acids is 2. The molecule has 0 aromatic heterocycles. The molecule has 0 aromatic rings. The Bertz CT molecular complexity index is 232. The van der Waals surface area contributed by atoms with Crippen LogP contribution in [0.25, 0.3) is 0 Å². The van der Waals surface area contributed by atoms with Gasteiger partial charge in [-0.15, -0.1) is 0 Å². The molecular weight excluding hydrogens is 218 g/mol. The highest BCUT2D eigenvalue weighted by molar-refractivity contribution is 7.92. The Morgan fingerprint density at radius 2 is 2.00 bits per heavy atom. The highest BCUT2D eigenvalue weighted by atomic mass is 32.2. The predicted molar refractivity (Wildman–Crippen MR) is 57.8 cm³/mol. The van der Waals surface area contributed by atoms with Crippen molar-refractivity contribution in [2.45, 2.75) is 32.1 Å². The molecule has 0 fully saturated rings. The first-order valence-corrected chi connectivity index (χ1v) is 5.98. The number of methoxy groups -OCH3 is 1. The average molecular weight is 235 g/mol. The Balaban J connectivity index is 4.37. The standard InChI is InChI=1S/C9H17NO4S/c1-6(2)15(13)5-8(9(12)14-4)10-7(3)11/h6,8H,5H2,1-4H3,(H,10,11)/t8-,15?/m0/s1. The number of nitrogens with one attached hydrogen (secondary N) is 1. The van der Waals surface area contributed by atoms with Crippen LogP contribution in [0.3, 0.4) is 0 Å². The van der Waals surface area contributed by atoms with Gasteiger partial charge in [0.2, 0.25) is 5.91 Å². The molecular formula is C9H17NO4S. The first-order chi connectivity index (χ1) is 6.88. The molecule has 0 spiro atoms. The molecule has 1 unspecified atom stereocenters. The lowest BCUT2D eigenvalue weighted by Crippen LogP contribution is -2.46. The van der Waals surface area contributed by atoms with Crippen molar-refractivity contribution in [3.63, 3.8) is 0 Å². The van der Waals surface area contributed by atoms with Gasteiger partial charge in [0, 0.05) is 6.92 Å². The summed E-state index contributed by atoms with van der Waals surface area (Å²) >= 11 is -1.16. The second kappa shape index (κ2) is 6.68. The second-order valence-electron chi connectivity index (χ2n) is 3.37. The van der Waals surface area contributed by atoms with Crippen LogP contribution in [0.5, 0.6) is 0 Å². The summed E-state index contributed by atoms with van der Waals surface area (Å²) < 4.78 is 16.0. The second-order valence-corrected chi connectivity index (χ2v) is 5.41. The van der Waals surface area contributed by atoms with Crippen LogP contribution in [0.4, 0.5) is 0 Å². The summed E-state index contributed by atoms with van der Waals surface area (Å²) in [7, 11) is 1.23. The van der Waals surface area contributed by atoms with Gasteiger partial charge >= 0.3 is 5.97 Å². The van der Waals surface area contributed by atoms with Crippen molar-refractivity contribution in [3.05, 3.63) is 0 Å². The zero-order valence-corrected chi connectivity index (χ0v) is 10.2. The Hall–Kier alpha value is -0.750. The molecule has 1 amide bonds. The summed E-state index contributed by atoms with van der Waals surface area (Å²) in [5, 5.41) is 2.36. The highest BCUT2D eigenvalue weighted by Gasteiger charge is 2.27. The Morgan fingerprint density at radius 1 is 1.47 bits per heavy atom. The number of carbonyl (C=O) groups is 2. The molecule has 0 aliphatic carbocycles. The van der Waals surface area contributed by atoms with Gasteiger partial charge in [0.25, 0.3) is 0 Å². The van der Waals surface area contributed by atoms with E-state index < -0.39 is 23.2 Å². The molecule has 1 N–H and O–H groups in total. The van der Waals surface area contributed by atoms with Crippen molar-refractivity contribution in [1.82, 2.24) is 5.32 Å². The Labute approximate surface area is 92.7 Å². The maximum Gasteiger partial charge on any atom is 0.333 e. The van der Waals surface area contributed by atoms with E-state index in [2.05, 4.69) is 10.1 Å². The molecule has 0 aromatic carbocycles. The molecule has 0 heterocycles. The average Bonchev–Trinajstić information content (AvgIpc) is 2.14. The molecule has 2 atom stereocenters. The van der Waals surface area contributed by atoms with Crippen LogP contribution in [0.1, 0.15) is 20.8 Å². The van der Waals surface area contributed by atoms with Gasteiger partial charge in [0.05, 0.1) is 7.11 Å². The van der Waals surface area contributed by atoms with E-state index in [4.69, 9.17) is 0 Å². The molecule has 88 valence electrons. The zero-order valence-electron chi connectivity index (χ0n) is 9.40. The van der Waals surface area contributed by atoms with Gasteiger partial charge in [-0.2, -0.15) is 0 Å². The number of hydrogen-bond donors (Lipinski definition) is 1. The first-order valence-electron chi connectivity index (χ1n) is 4.60. The fraction of sp³-hybridized carbons (Fsp3) is 0.778. The minimum atomic E-state index is -1.16. The van der Waals surface area contributed by atoms with Gasteiger partial charge < -0.3 is 14.6 Å². The molecule has 0 aliphatic heterocycles. The van der Waals surface area contributed by atoms with E-state index in [0.29, 0.717) is 0 Å². The molecule has 5 nitrogen and oxygen atoms in total. The van der Waals surface area contributed by atoms with Crippen LogP contribution in [0.15, 0.2) is 0 Å². The third-order valence-electron chi connectivity index (χ3n) is 1.72. The molecule has 0 radical (unpaired) electrons. The molecule has 0 saturated carbocycles. The van der Waals surface area contributed by atoms with Crippen LogP contribution in [-0.4, -0.2) is 40.6 Å². The van der Waals surface area contributed by atoms with Crippen LogP contribution in [-0.2, 0) is 25.5 Å². The van der Waals surface area contributed by atoms with Gasteiger partial charge in [-0.25, -0.2) is 4.79 Å². The lowest BCUT2D eigenvalue weighted by Gasteiger charge is -2.20. The van der Waals surface area contributed by atoms with Gasteiger partial charge in [-0.1, -0.05) is 0 Å². The van der Waals surface area contributed by atoms with Crippen molar-refractivity contribution >= 4 is 23.1 Å². The predicted octanol–water partition coefficient (Wildman–Crippen LogP) is -0.179. The molecule has 0 aliphatic rings. The third kappa shape index (κ3) is 5.64. The van der Waals surface area contributed by atoms with Crippen molar-refractivity contribution in [2.75, 3.05) is 12.9 Å². The summed E-state index contributed by atoms with van der Waals surface area (Å²) in [5.41, 5.74) is 0. The van der Waals surface area contributed by atoms with E-state index in [9.17, 15) is 14.1 Å². The maximum atomic E-state index is 11.5. The van der Waals surface area contributed by atoms with Crippen molar-refractivity contribution in [2.24, 2.45) is 0 Å². The lowest BCUT2D eigenvalue weighted by atomic mass is 10.3. The summed E-state index contributed by atoms with van der Waals surface area (Å²) in [5.74, 6) is -0.824. The van der Waals surface area contributed by atoms with E-state index in [1.807, 2.05) is 0 Å². The van der Waals surface area contributed by atoms with Crippen molar-refractivity contribution in [3.8, 4) is 0 Å². The fourth-order valence-electron chi connectivity index (χ4n) is 0.913. The summed E-state index contributed by atoms with van der Waals surface area (Å²) in [6.07, 6.45) is 0. The normalized spacial score (nSPS) is 14.5. The number of amides is 1. The molecule has 0 saturated heterocycles. The van der Waals surface area contributed by atoms with Gasteiger partial charge in [0.15, 0.2) is 6.04 Å². The monoisotopic (exact) mass is 235 g/mol. The summed E-state index contributed by atoms with van der Waals surface area (Å²) in [4.78, 5) is 22.0. The Morgan fingerprint density at radius 3 is 2.33 bits per heavy atom. The number of rotatable bonds is 5. The topological polar surface area (TPSA) is 78.5 Å². The van der Waals surface area contributed by atoms with E-state index in [1.165, 1.54) is 14.0 Å². The quantitative estimate of drug-likeness (QED) is 0.529. The van der Waals surface area contributed by atoms with E-state index in [-0.39, 0.29) is 16.9 Å². The number of ether oxygens (including phenoxy) is 1. The third-order valence-corrected chi connectivity index (χ3v) is 3.43. The van der Waals surface area contributed by atoms with Gasteiger partial charge in [-0.3, -0.25) is 4.79 Å². The van der Waals surface area contributed by atoms with Crippen LogP contribution in [0, 0.1) is 0 Å². The smallest absolute Gasteiger partial charge is 0.333 e. The van der Waals surface area contributed by atoms with Crippen LogP contribution >= 0.6 is 0 Å². The maximum absolute atomic E-state index is 11.5. The summed E-state index contributed by atoms with van der Waals surface area (Å²) in [6.45, 7) is 4.88. The van der Waals surface area contributed by atoms with Gasteiger partial charge in [-0.05, 0) is 25.0 Å². The summed E-state index contributed by atoms with van der Waals surface area (Å²) in [6, 6.07) is -0.823. The molecule has 0 rings (SSSR count). The van der Waals surface area contributed by atoms with E-state index in [0.717, 1.165) is 0 Å². The zero-order chi connectivity index (χ0) is 12.0. The number of hydrogen-bond acceptors (Lipinski definition) is 4. The minimum Gasteiger partial charge on any atom is -0.616 e. The van der Waals surface area contributed by atoms with Crippen LogP contribution in [0.2, 0.25) is 0 Å². The SMILES string of the molecule is COC(=O)[C@H](C[S+]([O-])C(C)C)NC(C)=O. The molecule has 15 heavy (non-hydrogen) atoms.